The third kappa shape index (κ3) is 8.31. The number of thiophene rings is 1. The van der Waals surface area contributed by atoms with Crippen molar-refractivity contribution >= 4 is 60.7 Å². The molecule has 0 fully saturated rings. The van der Waals surface area contributed by atoms with Crippen molar-refractivity contribution in [3.63, 3.8) is 0 Å². The third-order valence-electron chi connectivity index (χ3n) is 10.0. The van der Waals surface area contributed by atoms with E-state index in [2.05, 4.69) is 207 Å². The zero-order chi connectivity index (χ0) is 40.3. The van der Waals surface area contributed by atoms with Gasteiger partial charge in [0, 0.05) is 48.5 Å². The van der Waals surface area contributed by atoms with Gasteiger partial charge < -0.3 is 9.47 Å². The second-order valence-corrected chi connectivity index (χ2v) is 14.5. The molecule has 0 radical (unpaired) electrons. The second kappa shape index (κ2) is 19.3. The van der Waals surface area contributed by atoms with Crippen molar-refractivity contribution < 1.29 is 0 Å². The van der Waals surface area contributed by atoms with Crippen LogP contribution in [0.15, 0.2) is 170 Å². The van der Waals surface area contributed by atoms with E-state index >= 15 is 0 Å². The van der Waals surface area contributed by atoms with E-state index in [0.29, 0.717) is 0 Å². The monoisotopic (exact) mass is 764 g/mol. The third-order valence-corrected chi connectivity index (χ3v) is 11.3. The van der Waals surface area contributed by atoms with Crippen LogP contribution in [0.4, 0.5) is 11.4 Å². The Bertz CT molecular complexity index is 2650. The first-order valence-corrected chi connectivity index (χ1v) is 21.5. The molecule has 0 bridgehead atoms. The molecule has 0 aliphatic carbocycles. The summed E-state index contributed by atoms with van der Waals surface area (Å²) in [5.74, 6) is 0. The Morgan fingerprint density at radius 3 is 1.93 bits per heavy atom. The lowest BCUT2D eigenvalue weighted by Crippen LogP contribution is -2.15. The van der Waals surface area contributed by atoms with Gasteiger partial charge in [-0.25, -0.2) is 0 Å². The first kappa shape index (κ1) is 40.8. The summed E-state index contributed by atoms with van der Waals surface area (Å²) in [5, 5.41) is 3.82. The van der Waals surface area contributed by atoms with Gasteiger partial charge in [-0.3, -0.25) is 0 Å². The normalized spacial score (nSPS) is 11.6. The van der Waals surface area contributed by atoms with E-state index in [-0.39, 0.29) is 0 Å². The molecule has 288 valence electrons. The van der Waals surface area contributed by atoms with Gasteiger partial charge in [0.05, 0.1) is 11.0 Å². The molecule has 0 N–H and O–H groups in total. The molecule has 8 aromatic rings. The van der Waals surface area contributed by atoms with Gasteiger partial charge in [0.15, 0.2) is 0 Å². The lowest BCUT2D eigenvalue weighted by Gasteiger charge is -2.28. The van der Waals surface area contributed by atoms with E-state index in [9.17, 15) is 0 Å². The van der Waals surface area contributed by atoms with Crippen molar-refractivity contribution in [2.75, 3.05) is 4.90 Å². The summed E-state index contributed by atoms with van der Waals surface area (Å²) < 4.78 is 3.73. The Morgan fingerprint density at radius 1 is 0.579 bits per heavy atom. The van der Waals surface area contributed by atoms with Crippen molar-refractivity contribution in [2.45, 2.75) is 68.2 Å². The van der Waals surface area contributed by atoms with Crippen LogP contribution in [-0.2, 0) is 6.42 Å². The Hall–Kier alpha value is -5.90. The highest BCUT2D eigenvalue weighted by Gasteiger charge is 2.20. The standard InChI is InChI=1S/C50H44N2S.2C2H6/c1-5-17-39(18-6-2)51(41-27-29-50-46(34-41)45(19-7-3)49(8-4)53-50)42-31-37(35-20-11-9-12-21-35)30-38(32-42)36-26-28-44-43-24-15-16-25-47(43)52(48(44)33-36)40-22-13-10-14-23-40;2*1-2/h5,7,9-34H,6,8H2,1-4H3;2*1-2H3/b17-5-,19-7-,39-18+;;. The van der Waals surface area contributed by atoms with E-state index in [1.165, 1.54) is 64.6 Å². The summed E-state index contributed by atoms with van der Waals surface area (Å²) in [6.45, 7) is 16.7. The average Bonchev–Trinajstić information content (AvgIpc) is 3.80. The Kier molecular flexibility index (Phi) is 13.8. The van der Waals surface area contributed by atoms with Gasteiger partial charge in [-0.2, -0.15) is 0 Å². The summed E-state index contributed by atoms with van der Waals surface area (Å²) >= 11 is 1.91. The molecule has 2 aromatic heterocycles. The number of aromatic nitrogens is 1. The molecule has 2 heterocycles. The molecule has 0 atom stereocenters. The number of allylic oxidation sites excluding steroid dienone is 4. The Labute approximate surface area is 344 Å². The zero-order valence-corrected chi connectivity index (χ0v) is 35.7. The molecule has 0 aliphatic heterocycles. The highest BCUT2D eigenvalue weighted by molar-refractivity contribution is 7.19. The molecule has 2 nitrogen and oxygen atoms in total. The smallest absolute Gasteiger partial charge is 0.0547 e. The number of nitrogens with zero attached hydrogens (tertiary/aromatic N) is 2. The molecular formula is C54H56N2S. The fourth-order valence-corrected chi connectivity index (χ4v) is 8.79. The molecule has 0 spiro atoms. The number of hydrogen-bond donors (Lipinski definition) is 0. The fourth-order valence-electron chi connectivity index (χ4n) is 7.68. The van der Waals surface area contributed by atoms with Crippen molar-refractivity contribution in [1.29, 1.82) is 0 Å². The van der Waals surface area contributed by atoms with Gasteiger partial charge >= 0.3 is 0 Å². The minimum atomic E-state index is 0.923. The Balaban J connectivity index is 0.00000133. The van der Waals surface area contributed by atoms with Crippen LogP contribution < -0.4 is 4.90 Å². The van der Waals surface area contributed by atoms with E-state index in [1.807, 2.05) is 39.0 Å². The van der Waals surface area contributed by atoms with Gasteiger partial charge in [-0.05, 0) is 121 Å². The zero-order valence-electron chi connectivity index (χ0n) is 34.9. The molecule has 0 saturated heterocycles. The van der Waals surface area contributed by atoms with Crippen LogP contribution in [0, 0.1) is 0 Å². The van der Waals surface area contributed by atoms with Gasteiger partial charge in [0.2, 0.25) is 0 Å². The summed E-state index contributed by atoms with van der Waals surface area (Å²) in [6, 6.07) is 51.3. The highest BCUT2D eigenvalue weighted by Crippen LogP contribution is 2.42. The predicted octanol–water partition coefficient (Wildman–Crippen LogP) is 17.0. The number of fused-ring (bicyclic) bond motifs is 4. The van der Waals surface area contributed by atoms with Crippen molar-refractivity contribution in [3.05, 3.63) is 180 Å². The quantitative estimate of drug-likeness (QED) is 0.126. The molecular weight excluding hydrogens is 709 g/mol. The topological polar surface area (TPSA) is 8.17 Å². The van der Waals surface area contributed by atoms with E-state index in [0.717, 1.165) is 35.6 Å². The molecule has 57 heavy (non-hydrogen) atoms. The molecule has 0 saturated carbocycles. The van der Waals surface area contributed by atoms with Crippen molar-refractivity contribution in [3.8, 4) is 27.9 Å². The van der Waals surface area contributed by atoms with Crippen molar-refractivity contribution in [1.82, 2.24) is 4.57 Å². The van der Waals surface area contributed by atoms with Gasteiger partial charge in [-0.15, -0.1) is 11.3 Å². The number of hydrogen-bond acceptors (Lipinski definition) is 2. The van der Waals surface area contributed by atoms with Crippen LogP contribution in [-0.4, -0.2) is 4.57 Å². The van der Waals surface area contributed by atoms with Crippen LogP contribution in [0.25, 0.3) is 65.9 Å². The number of aryl methyl sites for hydroxylation is 1. The van der Waals surface area contributed by atoms with Crippen LogP contribution in [0.3, 0.4) is 0 Å². The molecule has 0 aliphatic rings. The molecule has 0 amide bonds. The highest BCUT2D eigenvalue weighted by atomic mass is 32.1. The Morgan fingerprint density at radius 2 is 1.25 bits per heavy atom. The lowest BCUT2D eigenvalue weighted by atomic mass is 9.96. The molecule has 6 aromatic carbocycles. The van der Waals surface area contributed by atoms with Gasteiger partial charge in [-0.1, -0.05) is 145 Å². The maximum atomic E-state index is 2.45. The average molecular weight is 765 g/mol. The van der Waals surface area contributed by atoms with Crippen LogP contribution >= 0.6 is 11.3 Å². The van der Waals surface area contributed by atoms with Gasteiger partial charge in [0.25, 0.3) is 0 Å². The maximum Gasteiger partial charge on any atom is 0.0547 e. The fraction of sp³-hybridized carbons (Fsp3) is 0.185. The molecule has 3 heteroatoms. The van der Waals surface area contributed by atoms with Gasteiger partial charge in [0.1, 0.15) is 0 Å². The first-order valence-electron chi connectivity index (χ1n) is 20.7. The predicted molar refractivity (Wildman–Crippen MR) is 256 cm³/mol. The van der Waals surface area contributed by atoms with E-state index in [1.54, 1.807) is 0 Å². The maximum absolute atomic E-state index is 2.45. The lowest BCUT2D eigenvalue weighted by molar-refractivity contribution is 1.14. The van der Waals surface area contributed by atoms with Crippen LogP contribution in [0.1, 0.15) is 72.3 Å². The number of anilines is 2. The first-order chi connectivity index (χ1) is 28.1. The summed E-state index contributed by atoms with van der Waals surface area (Å²) in [5.41, 5.74) is 13.1. The van der Waals surface area contributed by atoms with E-state index < -0.39 is 0 Å². The summed E-state index contributed by atoms with van der Waals surface area (Å²) in [7, 11) is 0. The number of benzene rings is 6. The minimum absolute atomic E-state index is 0.923. The summed E-state index contributed by atoms with van der Waals surface area (Å²) in [4.78, 5) is 3.87. The van der Waals surface area contributed by atoms with Crippen molar-refractivity contribution in [2.24, 2.45) is 0 Å². The van der Waals surface area contributed by atoms with E-state index in [4.69, 9.17) is 0 Å². The van der Waals surface area contributed by atoms with Crippen LogP contribution in [0.2, 0.25) is 0 Å². The summed E-state index contributed by atoms with van der Waals surface area (Å²) in [6.07, 6.45) is 13.1. The molecule has 0 unspecified atom stereocenters. The largest absolute Gasteiger partial charge is 0.311 e. The van der Waals surface area contributed by atoms with Crippen LogP contribution in [0.5, 0.6) is 0 Å². The second-order valence-electron chi connectivity index (χ2n) is 13.4. The molecule has 8 rings (SSSR count). The SMILES string of the molecule is C/C=C\C(=C/CC)N(c1cc(-c2ccccc2)cc(-c2ccc3c4ccccc4n(-c4ccccc4)c3c2)c1)c1ccc2sc(CC)c(/C=C\C)c2c1.CC.CC. The minimum Gasteiger partial charge on any atom is -0.311 e. The number of para-hydroxylation sites is 2. The number of rotatable bonds is 10.